The molecule has 1 heterocycles. The van der Waals surface area contributed by atoms with Gasteiger partial charge < -0.3 is 0 Å². The van der Waals surface area contributed by atoms with Crippen LogP contribution in [0.25, 0.3) is 0 Å². The number of hydrogen-bond donors (Lipinski definition) is 0. The van der Waals surface area contributed by atoms with E-state index in [0.29, 0.717) is 0 Å². The Morgan fingerprint density at radius 3 is 2.60 bits per heavy atom. The Morgan fingerprint density at radius 2 is 2.20 bits per heavy atom. The van der Waals surface area contributed by atoms with E-state index in [1.165, 1.54) is 0 Å². The molecule has 0 radical (unpaired) electrons. The van der Waals surface area contributed by atoms with E-state index in [1.807, 2.05) is 0 Å². The van der Waals surface area contributed by atoms with Crippen molar-refractivity contribution in [1.82, 2.24) is 4.98 Å². The van der Waals surface area contributed by atoms with E-state index in [9.17, 15) is 0 Å². The molecule has 0 unspecified atom stereocenters. The SMILES string of the molecule is CC(C)(C)c1csc(CC2(C#N)CC2)n1. The molecule has 1 aliphatic carbocycles. The van der Waals surface area contributed by atoms with Gasteiger partial charge >= 0.3 is 0 Å². The molecule has 0 aliphatic heterocycles. The Bertz CT molecular complexity index is 402. The smallest absolute Gasteiger partial charge is 0.0944 e. The van der Waals surface area contributed by atoms with Crippen LogP contribution in [0.5, 0.6) is 0 Å². The van der Waals surface area contributed by atoms with Gasteiger partial charge in [0.05, 0.1) is 22.2 Å². The first kappa shape index (κ1) is 10.6. The lowest BCUT2D eigenvalue weighted by Gasteiger charge is -2.14. The van der Waals surface area contributed by atoms with Crippen molar-refractivity contribution >= 4 is 11.3 Å². The summed E-state index contributed by atoms with van der Waals surface area (Å²) in [6.45, 7) is 6.51. The number of rotatable bonds is 2. The molecule has 0 N–H and O–H groups in total. The molecule has 2 rings (SSSR count). The summed E-state index contributed by atoms with van der Waals surface area (Å²) in [5.74, 6) is 0. The van der Waals surface area contributed by atoms with Crippen LogP contribution in [0.1, 0.15) is 44.3 Å². The second-order valence-corrected chi connectivity index (χ2v) is 6.39. The van der Waals surface area contributed by atoms with E-state index >= 15 is 0 Å². The van der Waals surface area contributed by atoms with Crippen molar-refractivity contribution in [2.75, 3.05) is 0 Å². The molecular weight excluding hydrogens is 204 g/mol. The van der Waals surface area contributed by atoms with E-state index in [4.69, 9.17) is 5.26 Å². The van der Waals surface area contributed by atoms with Crippen molar-refractivity contribution in [1.29, 1.82) is 5.26 Å². The summed E-state index contributed by atoms with van der Waals surface area (Å²) in [5, 5.41) is 12.3. The summed E-state index contributed by atoms with van der Waals surface area (Å²) in [5.41, 5.74) is 1.21. The Hall–Kier alpha value is -0.880. The molecule has 15 heavy (non-hydrogen) atoms. The lowest BCUT2D eigenvalue weighted by atomic mass is 9.93. The van der Waals surface area contributed by atoms with E-state index in [-0.39, 0.29) is 10.8 Å². The molecule has 0 amide bonds. The van der Waals surface area contributed by atoms with Gasteiger partial charge in [0.25, 0.3) is 0 Å². The third kappa shape index (κ3) is 2.21. The van der Waals surface area contributed by atoms with Gasteiger partial charge in [0, 0.05) is 17.2 Å². The molecular formula is C12H16N2S. The molecule has 3 heteroatoms. The molecule has 0 aromatic carbocycles. The largest absolute Gasteiger partial charge is 0.246 e. The zero-order chi connectivity index (χ0) is 11.1. The highest BCUT2D eigenvalue weighted by atomic mass is 32.1. The second-order valence-electron chi connectivity index (χ2n) is 5.45. The van der Waals surface area contributed by atoms with Crippen molar-refractivity contribution in [3.8, 4) is 6.07 Å². The third-order valence-electron chi connectivity index (χ3n) is 2.90. The van der Waals surface area contributed by atoms with Crippen molar-refractivity contribution in [3.63, 3.8) is 0 Å². The number of nitrogens with zero attached hydrogens (tertiary/aromatic N) is 2. The van der Waals surface area contributed by atoms with Gasteiger partial charge in [0.1, 0.15) is 0 Å². The van der Waals surface area contributed by atoms with Crippen molar-refractivity contribution in [3.05, 3.63) is 16.1 Å². The monoisotopic (exact) mass is 220 g/mol. The number of aromatic nitrogens is 1. The first-order chi connectivity index (χ1) is 6.95. The summed E-state index contributed by atoms with van der Waals surface area (Å²) in [6.07, 6.45) is 2.95. The minimum Gasteiger partial charge on any atom is -0.246 e. The lowest BCUT2D eigenvalue weighted by molar-refractivity contribution is 0.566. The Kier molecular flexibility index (Phi) is 2.35. The van der Waals surface area contributed by atoms with Crippen LogP contribution in [-0.2, 0) is 11.8 Å². The predicted molar refractivity (Wildman–Crippen MR) is 61.8 cm³/mol. The number of thiazole rings is 1. The average molecular weight is 220 g/mol. The van der Waals surface area contributed by atoms with E-state index in [2.05, 4.69) is 37.2 Å². The van der Waals surface area contributed by atoms with Crippen molar-refractivity contribution in [2.45, 2.75) is 45.4 Å². The first-order valence-electron chi connectivity index (χ1n) is 5.31. The van der Waals surface area contributed by atoms with Gasteiger partial charge in [-0.2, -0.15) is 5.26 Å². The molecule has 1 saturated carbocycles. The van der Waals surface area contributed by atoms with Gasteiger partial charge in [-0.15, -0.1) is 11.3 Å². The third-order valence-corrected chi connectivity index (χ3v) is 3.75. The van der Waals surface area contributed by atoms with Crippen molar-refractivity contribution in [2.24, 2.45) is 5.41 Å². The predicted octanol–water partition coefficient (Wildman–Crippen LogP) is 3.29. The maximum absolute atomic E-state index is 9.01. The Labute approximate surface area is 95.0 Å². The molecule has 0 spiro atoms. The zero-order valence-corrected chi connectivity index (χ0v) is 10.3. The van der Waals surface area contributed by atoms with Crippen LogP contribution < -0.4 is 0 Å². The zero-order valence-electron chi connectivity index (χ0n) is 9.50. The van der Waals surface area contributed by atoms with E-state index in [0.717, 1.165) is 30.0 Å². The minimum atomic E-state index is -0.0625. The maximum atomic E-state index is 9.01. The molecule has 0 atom stereocenters. The van der Waals surface area contributed by atoms with Crippen LogP contribution in [0.3, 0.4) is 0 Å². The number of hydrogen-bond acceptors (Lipinski definition) is 3. The molecule has 0 bridgehead atoms. The van der Waals surface area contributed by atoms with Gasteiger partial charge in [0.15, 0.2) is 0 Å². The van der Waals surface area contributed by atoms with Crippen LogP contribution in [0.15, 0.2) is 5.38 Å². The molecule has 1 aromatic rings. The van der Waals surface area contributed by atoms with Gasteiger partial charge in [-0.05, 0) is 12.8 Å². The second kappa shape index (κ2) is 3.31. The fraction of sp³-hybridized carbons (Fsp3) is 0.667. The highest BCUT2D eigenvalue weighted by Crippen LogP contribution is 2.48. The molecule has 2 nitrogen and oxygen atoms in total. The van der Waals surface area contributed by atoms with Crippen LogP contribution in [0, 0.1) is 16.7 Å². The summed E-state index contributed by atoms with van der Waals surface area (Å²) >= 11 is 1.70. The normalized spacial score (nSPS) is 18.5. The molecule has 1 aliphatic rings. The van der Waals surface area contributed by atoms with E-state index < -0.39 is 0 Å². The Balaban J connectivity index is 2.12. The van der Waals surface area contributed by atoms with Crippen LogP contribution >= 0.6 is 11.3 Å². The average Bonchev–Trinajstić information content (AvgIpc) is 2.73. The summed E-state index contributed by atoms with van der Waals surface area (Å²) < 4.78 is 0. The minimum absolute atomic E-state index is 0.0625. The fourth-order valence-corrected chi connectivity index (χ4v) is 2.67. The van der Waals surface area contributed by atoms with Crippen LogP contribution in [0.2, 0.25) is 0 Å². The summed E-state index contributed by atoms with van der Waals surface area (Å²) in [6, 6.07) is 2.42. The van der Waals surface area contributed by atoms with Gasteiger partial charge in [-0.25, -0.2) is 4.98 Å². The lowest BCUT2D eigenvalue weighted by Crippen LogP contribution is -2.12. The standard InChI is InChI=1S/C12H16N2S/c1-11(2,3)9-7-15-10(14-9)6-12(8-13)4-5-12/h7H,4-6H2,1-3H3. The van der Waals surface area contributed by atoms with E-state index in [1.54, 1.807) is 11.3 Å². The first-order valence-corrected chi connectivity index (χ1v) is 6.19. The summed E-state index contributed by atoms with van der Waals surface area (Å²) in [4.78, 5) is 4.62. The quantitative estimate of drug-likeness (QED) is 0.767. The maximum Gasteiger partial charge on any atom is 0.0944 e. The molecule has 80 valence electrons. The van der Waals surface area contributed by atoms with Gasteiger partial charge in [0.2, 0.25) is 0 Å². The van der Waals surface area contributed by atoms with Crippen molar-refractivity contribution < 1.29 is 0 Å². The van der Waals surface area contributed by atoms with Crippen LogP contribution in [0.4, 0.5) is 0 Å². The summed E-state index contributed by atoms with van der Waals surface area (Å²) in [7, 11) is 0. The number of nitriles is 1. The Morgan fingerprint density at radius 1 is 1.53 bits per heavy atom. The highest BCUT2D eigenvalue weighted by molar-refractivity contribution is 7.09. The fourth-order valence-electron chi connectivity index (χ4n) is 1.51. The highest BCUT2D eigenvalue weighted by Gasteiger charge is 2.43. The van der Waals surface area contributed by atoms with Gasteiger partial charge in [-0.1, -0.05) is 20.8 Å². The molecule has 0 saturated heterocycles. The van der Waals surface area contributed by atoms with Crippen LogP contribution in [-0.4, -0.2) is 4.98 Å². The molecule has 1 fully saturated rings. The van der Waals surface area contributed by atoms with Gasteiger partial charge in [-0.3, -0.25) is 0 Å². The molecule has 1 aromatic heterocycles. The topological polar surface area (TPSA) is 36.7 Å².